The van der Waals surface area contributed by atoms with E-state index in [0.29, 0.717) is 13.1 Å². The average Bonchev–Trinajstić information content (AvgIpc) is 2.46. The van der Waals surface area contributed by atoms with Crippen LogP contribution in [-0.2, 0) is 4.79 Å². The van der Waals surface area contributed by atoms with Gasteiger partial charge in [0.15, 0.2) is 0 Å². The first kappa shape index (κ1) is 14.7. The Morgan fingerprint density at radius 1 is 1.35 bits per heavy atom. The Morgan fingerprint density at radius 2 is 2.05 bits per heavy atom. The normalized spacial score (nSPS) is 19.6. The number of carbonyl (C=O) groups is 1. The summed E-state index contributed by atoms with van der Waals surface area (Å²) >= 11 is 0. The van der Waals surface area contributed by atoms with Crippen molar-refractivity contribution in [3.63, 3.8) is 0 Å². The Kier molecular flexibility index (Phi) is 4.84. The summed E-state index contributed by atoms with van der Waals surface area (Å²) in [4.78, 5) is 13.8. The maximum atomic E-state index is 13.4. The predicted octanol–water partition coefficient (Wildman–Crippen LogP) is 2.32. The fraction of sp³-hybridized carbons (Fsp3) is 0.400. The molecule has 1 aromatic carbocycles. The van der Waals surface area contributed by atoms with E-state index in [4.69, 9.17) is 5.73 Å². The fourth-order valence-corrected chi connectivity index (χ4v) is 2.46. The lowest BCUT2D eigenvalue weighted by Crippen LogP contribution is -2.46. The molecular weight excluding hydrogens is 262 g/mol. The molecule has 1 aliphatic rings. The molecule has 1 fully saturated rings. The number of halogens is 2. The summed E-state index contributed by atoms with van der Waals surface area (Å²) in [5.41, 5.74) is 5.46. The highest BCUT2D eigenvalue weighted by Crippen LogP contribution is 2.18. The molecule has 1 heterocycles. The maximum Gasteiger partial charge on any atom is 0.246 e. The molecule has 5 heteroatoms. The van der Waals surface area contributed by atoms with Crippen molar-refractivity contribution in [3.05, 3.63) is 41.5 Å². The van der Waals surface area contributed by atoms with E-state index in [1.54, 1.807) is 4.90 Å². The van der Waals surface area contributed by atoms with E-state index in [2.05, 4.69) is 0 Å². The molecule has 1 amide bonds. The largest absolute Gasteiger partial charge is 0.335 e. The van der Waals surface area contributed by atoms with E-state index >= 15 is 0 Å². The summed E-state index contributed by atoms with van der Waals surface area (Å²) in [6.07, 6.45) is 5.27. The standard InChI is InChI=1S/C15H18F2N2O/c16-13-5-3-6-14(17)12(13)7-8-15(20)19-9-2-1-4-11(19)10-18/h3,5-8,11H,1-2,4,9-10,18H2. The van der Waals surface area contributed by atoms with Crippen molar-refractivity contribution in [1.29, 1.82) is 0 Å². The SMILES string of the molecule is NCC1CCCCN1C(=O)C=Cc1c(F)cccc1F. The molecule has 3 nitrogen and oxygen atoms in total. The molecule has 2 rings (SSSR count). The summed E-state index contributed by atoms with van der Waals surface area (Å²) in [5.74, 6) is -1.60. The van der Waals surface area contributed by atoms with Crippen molar-refractivity contribution >= 4 is 12.0 Å². The van der Waals surface area contributed by atoms with Crippen molar-refractivity contribution in [2.75, 3.05) is 13.1 Å². The molecule has 0 bridgehead atoms. The molecule has 0 aromatic heterocycles. The molecule has 1 atom stereocenters. The summed E-state index contributed by atoms with van der Waals surface area (Å²) in [7, 11) is 0. The number of hydrogen-bond donors (Lipinski definition) is 1. The fourth-order valence-electron chi connectivity index (χ4n) is 2.46. The summed E-state index contributed by atoms with van der Waals surface area (Å²) < 4.78 is 26.9. The zero-order valence-corrected chi connectivity index (χ0v) is 11.2. The van der Waals surface area contributed by atoms with Gasteiger partial charge in [0, 0.05) is 30.8 Å². The minimum atomic E-state index is -0.678. The third-order valence-electron chi connectivity index (χ3n) is 3.57. The average molecular weight is 280 g/mol. The second-order valence-electron chi connectivity index (χ2n) is 4.89. The Labute approximate surface area is 117 Å². The first-order valence-corrected chi connectivity index (χ1v) is 6.76. The van der Waals surface area contributed by atoms with Crippen LogP contribution in [0.15, 0.2) is 24.3 Å². The van der Waals surface area contributed by atoms with E-state index in [-0.39, 0.29) is 17.5 Å². The van der Waals surface area contributed by atoms with Crippen LogP contribution in [0.1, 0.15) is 24.8 Å². The van der Waals surface area contributed by atoms with Gasteiger partial charge in [0.05, 0.1) is 0 Å². The lowest BCUT2D eigenvalue weighted by Gasteiger charge is -2.34. The van der Waals surface area contributed by atoms with Crippen molar-refractivity contribution < 1.29 is 13.6 Å². The topological polar surface area (TPSA) is 46.3 Å². The molecule has 108 valence electrons. The van der Waals surface area contributed by atoms with Crippen molar-refractivity contribution in [3.8, 4) is 0 Å². The lowest BCUT2D eigenvalue weighted by molar-refractivity contribution is -0.129. The van der Waals surface area contributed by atoms with Crippen LogP contribution < -0.4 is 5.73 Å². The summed E-state index contributed by atoms with van der Waals surface area (Å²) in [5, 5.41) is 0. The molecule has 0 radical (unpaired) electrons. The molecule has 0 spiro atoms. The van der Waals surface area contributed by atoms with Crippen LogP contribution in [-0.4, -0.2) is 29.9 Å². The van der Waals surface area contributed by atoms with Crippen LogP contribution in [0.4, 0.5) is 8.78 Å². The number of carbonyl (C=O) groups excluding carboxylic acids is 1. The van der Waals surface area contributed by atoms with E-state index in [0.717, 1.165) is 31.4 Å². The lowest BCUT2D eigenvalue weighted by atomic mass is 10.0. The van der Waals surface area contributed by atoms with Crippen molar-refractivity contribution in [1.82, 2.24) is 4.90 Å². The second-order valence-corrected chi connectivity index (χ2v) is 4.89. The number of piperidine rings is 1. The summed E-state index contributed by atoms with van der Waals surface area (Å²) in [6, 6.07) is 3.64. The molecule has 1 saturated heterocycles. The van der Waals surface area contributed by atoms with Gasteiger partial charge in [-0.15, -0.1) is 0 Å². The van der Waals surface area contributed by atoms with Crippen LogP contribution in [0.2, 0.25) is 0 Å². The second kappa shape index (κ2) is 6.61. The molecule has 0 saturated carbocycles. The van der Waals surface area contributed by atoms with Gasteiger partial charge in [-0.25, -0.2) is 8.78 Å². The monoisotopic (exact) mass is 280 g/mol. The first-order valence-electron chi connectivity index (χ1n) is 6.76. The molecule has 2 N–H and O–H groups in total. The quantitative estimate of drug-likeness (QED) is 0.864. The van der Waals surface area contributed by atoms with Crippen LogP contribution in [0, 0.1) is 11.6 Å². The minimum Gasteiger partial charge on any atom is -0.335 e. The Morgan fingerprint density at radius 3 is 2.70 bits per heavy atom. The molecule has 1 aromatic rings. The molecule has 0 aliphatic carbocycles. The van der Waals surface area contributed by atoms with Crippen LogP contribution in [0.25, 0.3) is 6.08 Å². The zero-order chi connectivity index (χ0) is 14.5. The van der Waals surface area contributed by atoms with Crippen molar-refractivity contribution in [2.24, 2.45) is 5.73 Å². The third kappa shape index (κ3) is 3.22. The van der Waals surface area contributed by atoms with Gasteiger partial charge in [-0.3, -0.25) is 4.79 Å². The zero-order valence-electron chi connectivity index (χ0n) is 11.2. The number of rotatable bonds is 3. The van der Waals surface area contributed by atoms with Crippen molar-refractivity contribution in [2.45, 2.75) is 25.3 Å². The van der Waals surface area contributed by atoms with Gasteiger partial charge >= 0.3 is 0 Å². The number of likely N-dealkylation sites (tertiary alicyclic amines) is 1. The molecule has 20 heavy (non-hydrogen) atoms. The highest BCUT2D eigenvalue weighted by molar-refractivity contribution is 5.92. The van der Waals surface area contributed by atoms with Gasteiger partial charge < -0.3 is 10.6 Å². The smallest absolute Gasteiger partial charge is 0.246 e. The highest BCUT2D eigenvalue weighted by Gasteiger charge is 2.23. The predicted molar refractivity (Wildman–Crippen MR) is 73.8 cm³/mol. The van der Waals surface area contributed by atoms with Crippen LogP contribution >= 0.6 is 0 Å². The third-order valence-corrected chi connectivity index (χ3v) is 3.57. The van der Waals surface area contributed by atoms with Gasteiger partial charge in [-0.05, 0) is 37.5 Å². The van der Waals surface area contributed by atoms with Gasteiger partial charge in [0.1, 0.15) is 11.6 Å². The molecule has 1 unspecified atom stereocenters. The first-order chi connectivity index (χ1) is 9.63. The van der Waals surface area contributed by atoms with Gasteiger partial charge in [-0.2, -0.15) is 0 Å². The molecule has 1 aliphatic heterocycles. The van der Waals surface area contributed by atoms with Gasteiger partial charge in [0.25, 0.3) is 0 Å². The number of benzene rings is 1. The van der Waals surface area contributed by atoms with Crippen LogP contribution in [0.3, 0.4) is 0 Å². The summed E-state index contributed by atoms with van der Waals surface area (Å²) in [6.45, 7) is 1.05. The maximum absolute atomic E-state index is 13.4. The number of hydrogen-bond acceptors (Lipinski definition) is 2. The van der Waals surface area contributed by atoms with E-state index in [1.165, 1.54) is 18.2 Å². The number of nitrogens with zero attached hydrogens (tertiary/aromatic N) is 1. The van der Waals surface area contributed by atoms with E-state index in [1.807, 2.05) is 0 Å². The van der Waals surface area contributed by atoms with Gasteiger partial charge in [-0.1, -0.05) is 6.07 Å². The highest BCUT2D eigenvalue weighted by atomic mass is 19.1. The Bertz CT molecular complexity index is 496. The number of nitrogens with two attached hydrogens (primary N) is 1. The minimum absolute atomic E-state index is 0.0198. The number of amides is 1. The Balaban J connectivity index is 2.12. The van der Waals surface area contributed by atoms with Gasteiger partial charge in [0.2, 0.25) is 5.91 Å². The van der Waals surface area contributed by atoms with Crippen LogP contribution in [0.5, 0.6) is 0 Å². The molecular formula is C15H18F2N2O. The van der Waals surface area contributed by atoms with E-state index in [9.17, 15) is 13.6 Å². The van der Waals surface area contributed by atoms with E-state index < -0.39 is 11.6 Å². The Hall–Kier alpha value is -1.75.